The first kappa shape index (κ1) is 27.9. The normalized spacial score (nSPS) is 17.0. The van der Waals surface area contributed by atoms with Crippen LogP contribution in [0.2, 0.25) is 0 Å². The van der Waals surface area contributed by atoms with Crippen molar-refractivity contribution >= 4 is 61.5 Å². The molecule has 0 radical (unpaired) electrons. The lowest BCUT2D eigenvalue weighted by Gasteiger charge is -2.38. The number of ketones is 1. The highest BCUT2D eigenvalue weighted by Gasteiger charge is 2.42. The van der Waals surface area contributed by atoms with Crippen molar-refractivity contribution < 1.29 is 14.3 Å². The van der Waals surface area contributed by atoms with Crippen molar-refractivity contribution in [3.05, 3.63) is 80.7 Å². The zero-order chi connectivity index (χ0) is 28.4. The fourth-order valence-electron chi connectivity index (χ4n) is 4.95. The Bertz CT molecular complexity index is 1610. The van der Waals surface area contributed by atoms with Gasteiger partial charge in [-0.15, -0.1) is 10.2 Å². The van der Waals surface area contributed by atoms with Crippen LogP contribution in [0, 0.1) is 18.3 Å². The number of anilines is 2. The molecule has 1 amide bonds. The molecule has 204 valence electrons. The van der Waals surface area contributed by atoms with Crippen LogP contribution in [0.15, 0.2) is 73.9 Å². The van der Waals surface area contributed by atoms with E-state index in [1.54, 1.807) is 12.0 Å². The first-order valence-electron chi connectivity index (χ1n) is 12.4. The molecule has 9 nitrogen and oxygen atoms in total. The van der Waals surface area contributed by atoms with Crippen LogP contribution in [0.1, 0.15) is 36.3 Å². The van der Waals surface area contributed by atoms with Gasteiger partial charge in [-0.3, -0.25) is 14.5 Å². The molecule has 12 heteroatoms. The highest BCUT2D eigenvalue weighted by Crippen LogP contribution is 2.48. The van der Waals surface area contributed by atoms with Gasteiger partial charge in [-0.25, -0.2) is 0 Å². The van der Waals surface area contributed by atoms with E-state index < -0.39 is 5.92 Å². The second kappa shape index (κ2) is 11.8. The summed E-state index contributed by atoms with van der Waals surface area (Å²) in [5.74, 6) is 0.107. The molecule has 0 fully saturated rings. The molecule has 5 rings (SSSR count). The number of benzene rings is 2. The van der Waals surface area contributed by atoms with E-state index in [-0.39, 0.29) is 28.8 Å². The van der Waals surface area contributed by atoms with Crippen molar-refractivity contribution in [1.82, 2.24) is 10.2 Å². The average Bonchev–Trinajstić information content (AvgIpc) is 3.41. The maximum absolute atomic E-state index is 13.4. The van der Waals surface area contributed by atoms with Crippen LogP contribution in [0.3, 0.4) is 0 Å². The zero-order valence-electron chi connectivity index (χ0n) is 21.7. The third-order valence-corrected chi connectivity index (χ3v) is 9.27. The van der Waals surface area contributed by atoms with E-state index >= 15 is 0 Å². The highest BCUT2D eigenvalue weighted by molar-refractivity contribution is 9.10. The summed E-state index contributed by atoms with van der Waals surface area (Å²) in [5, 5.41) is 22.2. The number of nitrogens with zero attached hydrogens (tertiary/aromatic N) is 4. The van der Waals surface area contributed by atoms with Crippen LogP contribution < -0.4 is 20.7 Å². The van der Waals surface area contributed by atoms with E-state index in [4.69, 9.17) is 10.5 Å². The standard InChI is InChI=1S/C28H25BrN6O3S2/c1-15-12-16(29)10-11-19(15)32-23(37)14-39-28-34-33-27(40-28)35-20-7-5-8-21(36)25(20)24(18(13-30)26(35)31)17-6-3-4-9-22(17)38-2/h3-4,6,9-12,24H,5,7-8,14,31H2,1-2H3,(H,32,37). The summed E-state index contributed by atoms with van der Waals surface area (Å²) in [5.41, 5.74) is 10.6. The van der Waals surface area contributed by atoms with Gasteiger partial charge >= 0.3 is 0 Å². The van der Waals surface area contributed by atoms with Crippen molar-refractivity contribution in [3.63, 3.8) is 0 Å². The van der Waals surface area contributed by atoms with Crippen LogP contribution >= 0.6 is 39.0 Å². The Kier molecular flexibility index (Phi) is 8.25. The number of methoxy groups -OCH3 is 1. The second-order valence-corrected chi connectivity index (χ2v) is 12.3. The Balaban J connectivity index is 1.43. The van der Waals surface area contributed by atoms with Crippen LogP contribution in [0.25, 0.3) is 0 Å². The third-order valence-electron chi connectivity index (χ3n) is 6.74. The van der Waals surface area contributed by atoms with Crippen LogP contribution in [-0.4, -0.2) is 34.8 Å². The summed E-state index contributed by atoms with van der Waals surface area (Å²) in [6.45, 7) is 1.92. The molecule has 2 aliphatic rings. The molecule has 3 aromatic rings. The van der Waals surface area contributed by atoms with E-state index in [0.717, 1.165) is 21.4 Å². The number of Topliss-reactive ketones (excluding diaryl/α,β-unsaturated/α-hetero) is 1. The number of rotatable bonds is 7. The van der Waals surface area contributed by atoms with Gasteiger partial charge in [0.2, 0.25) is 11.0 Å². The Morgan fingerprint density at radius 3 is 2.85 bits per heavy atom. The van der Waals surface area contributed by atoms with E-state index in [9.17, 15) is 14.9 Å². The number of amides is 1. The molecular formula is C28H25BrN6O3S2. The van der Waals surface area contributed by atoms with E-state index in [1.165, 1.54) is 23.1 Å². The summed E-state index contributed by atoms with van der Waals surface area (Å²) >= 11 is 5.94. The quantitative estimate of drug-likeness (QED) is 0.315. The molecule has 0 spiro atoms. The third kappa shape index (κ3) is 5.37. The number of hydrogen-bond donors (Lipinski definition) is 2. The number of hydrogen-bond acceptors (Lipinski definition) is 10. The summed E-state index contributed by atoms with van der Waals surface area (Å²) in [6, 6.07) is 15.3. The van der Waals surface area contributed by atoms with E-state index in [2.05, 4.69) is 37.5 Å². The zero-order valence-corrected chi connectivity index (χ0v) is 25.0. The SMILES string of the molecule is COc1ccccc1C1C(C#N)=C(N)N(c2nnc(SCC(=O)Nc3ccc(Br)cc3C)s2)C2=C1C(=O)CCC2. The Hall–Kier alpha value is -3.66. The van der Waals surface area contributed by atoms with Crippen molar-refractivity contribution in [3.8, 4) is 11.8 Å². The Morgan fingerprint density at radius 2 is 2.10 bits per heavy atom. The number of aryl methyl sites for hydroxylation is 1. The fraction of sp³-hybridized carbons (Fsp3) is 0.250. The lowest BCUT2D eigenvalue weighted by atomic mass is 9.75. The number of nitriles is 1. The summed E-state index contributed by atoms with van der Waals surface area (Å²) < 4.78 is 7.08. The lowest BCUT2D eigenvalue weighted by molar-refractivity contribution is -0.116. The minimum Gasteiger partial charge on any atom is -0.496 e. The number of nitrogens with one attached hydrogen (secondary N) is 1. The first-order valence-corrected chi connectivity index (χ1v) is 15.0. The molecule has 0 saturated heterocycles. The molecule has 0 bridgehead atoms. The number of para-hydroxylation sites is 1. The van der Waals surface area contributed by atoms with Crippen molar-refractivity contribution in [2.45, 2.75) is 36.4 Å². The maximum atomic E-state index is 13.4. The second-order valence-electron chi connectivity index (χ2n) is 9.20. The predicted octanol–water partition coefficient (Wildman–Crippen LogP) is 5.65. The van der Waals surface area contributed by atoms with Gasteiger partial charge in [0, 0.05) is 33.4 Å². The molecule has 3 N–H and O–H groups in total. The molecular weight excluding hydrogens is 612 g/mol. The van der Waals surface area contributed by atoms with Crippen LogP contribution in [0.5, 0.6) is 5.75 Å². The molecule has 1 aliphatic carbocycles. The largest absolute Gasteiger partial charge is 0.496 e. The first-order chi connectivity index (χ1) is 19.3. The van der Waals surface area contributed by atoms with Crippen LogP contribution in [-0.2, 0) is 9.59 Å². The fourth-order valence-corrected chi connectivity index (χ4v) is 7.11. The van der Waals surface area contributed by atoms with E-state index in [0.29, 0.717) is 45.6 Å². The lowest BCUT2D eigenvalue weighted by Crippen LogP contribution is -2.38. The predicted molar refractivity (Wildman–Crippen MR) is 159 cm³/mol. The molecule has 40 heavy (non-hydrogen) atoms. The minimum absolute atomic E-state index is 0.0265. The maximum Gasteiger partial charge on any atom is 0.234 e. The molecule has 1 aromatic heterocycles. The number of ether oxygens (including phenoxy) is 1. The molecule has 1 atom stereocenters. The number of thioether (sulfide) groups is 1. The summed E-state index contributed by atoms with van der Waals surface area (Å²) in [4.78, 5) is 27.6. The molecule has 1 unspecified atom stereocenters. The van der Waals surface area contributed by atoms with Gasteiger partial charge in [-0.2, -0.15) is 5.26 Å². The number of aromatic nitrogens is 2. The number of halogens is 1. The number of allylic oxidation sites excluding steroid dienone is 3. The van der Waals surface area contributed by atoms with Crippen molar-refractivity contribution in [2.75, 3.05) is 23.1 Å². The van der Waals surface area contributed by atoms with Gasteiger partial charge in [-0.05, 0) is 49.6 Å². The van der Waals surface area contributed by atoms with Gasteiger partial charge in [0.1, 0.15) is 11.6 Å². The minimum atomic E-state index is -0.632. The number of nitrogens with two attached hydrogens (primary N) is 1. The van der Waals surface area contributed by atoms with Crippen molar-refractivity contribution in [1.29, 1.82) is 5.26 Å². The Morgan fingerprint density at radius 1 is 1.30 bits per heavy atom. The monoisotopic (exact) mass is 636 g/mol. The topological polar surface area (TPSA) is 134 Å². The molecule has 1 aliphatic heterocycles. The number of carbonyl (C=O) groups excluding carboxylic acids is 2. The molecule has 2 aromatic carbocycles. The van der Waals surface area contributed by atoms with Gasteiger partial charge in [0.25, 0.3) is 0 Å². The average molecular weight is 638 g/mol. The Labute approximate surface area is 248 Å². The molecule has 0 saturated carbocycles. The van der Waals surface area contributed by atoms with E-state index in [1.807, 2.05) is 49.4 Å². The van der Waals surface area contributed by atoms with Gasteiger partial charge < -0.3 is 15.8 Å². The summed E-state index contributed by atoms with van der Waals surface area (Å²) in [6.07, 6.45) is 1.66. The van der Waals surface area contributed by atoms with Gasteiger partial charge in [0.15, 0.2) is 10.1 Å². The highest BCUT2D eigenvalue weighted by atomic mass is 79.9. The smallest absolute Gasteiger partial charge is 0.234 e. The number of carbonyl (C=O) groups is 2. The summed E-state index contributed by atoms with van der Waals surface area (Å²) in [7, 11) is 1.56. The van der Waals surface area contributed by atoms with Gasteiger partial charge in [-0.1, -0.05) is 57.2 Å². The van der Waals surface area contributed by atoms with Crippen LogP contribution in [0.4, 0.5) is 10.8 Å². The molecule has 2 heterocycles. The van der Waals surface area contributed by atoms with Crippen molar-refractivity contribution in [2.24, 2.45) is 5.73 Å². The van der Waals surface area contributed by atoms with Gasteiger partial charge in [0.05, 0.1) is 30.4 Å².